The SMILES string of the molecule is NC(CSSC[C@H](NS(=O)O)C(=O)O)C(=O)O. The van der Waals surface area contributed by atoms with Gasteiger partial charge in [0.15, 0.2) is 0 Å². The summed E-state index contributed by atoms with van der Waals surface area (Å²) in [7, 11) is 2.15. The lowest BCUT2D eigenvalue weighted by Crippen LogP contribution is -2.39. The summed E-state index contributed by atoms with van der Waals surface area (Å²) >= 11 is -2.41. The fraction of sp³-hybridized carbons (Fsp3) is 0.667. The number of carboxylic acid groups (broad SMARTS) is 2. The molecule has 3 atom stereocenters. The Labute approximate surface area is 108 Å². The number of carbonyl (C=O) groups is 2. The van der Waals surface area contributed by atoms with E-state index in [-0.39, 0.29) is 11.5 Å². The number of carboxylic acids is 2. The molecule has 0 aliphatic carbocycles. The Morgan fingerprint density at radius 3 is 2.18 bits per heavy atom. The maximum Gasteiger partial charge on any atom is 0.322 e. The first-order chi connectivity index (χ1) is 7.84. The van der Waals surface area contributed by atoms with Crippen LogP contribution in [0.2, 0.25) is 0 Å². The van der Waals surface area contributed by atoms with Crippen LogP contribution in [0.3, 0.4) is 0 Å². The van der Waals surface area contributed by atoms with Gasteiger partial charge in [0.2, 0.25) is 11.3 Å². The van der Waals surface area contributed by atoms with Crippen LogP contribution in [0.15, 0.2) is 0 Å². The molecule has 6 N–H and O–H groups in total. The van der Waals surface area contributed by atoms with Crippen molar-refractivity contribution >= 4 is 44.8 Å². The Bertz CT molecular complexity index is 301. The van der Waals surface area contributed by atoms with Crippen molar-refractivity contribution in [2.45, 2.75) is 12.1 Å². The molecule has 2 unspecified atom stereocenters. The molecule has 0 radical (unpaired) electrons. The summed E-state index contributed by atoms with van der Waals surface area (Å²) in [5.41, 5.74) is 5.22. The summed E-state index contributed by atoms with van der Waals surface area (Å²) in [6, 6.07) is -2.20. The second-order valence-corrected chi connectivity index (χ2v) is 6.06. The molecule has 11 heteroatoms. The minimum absolute atomic E-state index is 0.0125. The Morgan fingerprint density at radius 1 is 1.24 bits per heavy atom. The van der Waals surface area contributed by atoms with Crippen LogP contribution < -0.4 is 10.5 Å². The molecule has 0 heterocycles. The molecular weight excluding hydrogens is 292 g/mol. The molecule has 0 aliphatic rings. The van der Waals surface area contributed by atoms with Crippen LogP contribution in [0.1, 0.15) is 0 Å². The zero-order chi connectivity index (χ0) is 13.4. The van der Waals surface area contributed by atoms with Crippen molar-refractivity contribution < 1.29 is 28.6 Å². The molecule has 0 rings (SSSR count). The van der Waals surface area contributed by atoms with Gasteiger partial charge in [-0.15, -0.1) is 0 Å². The normalized spacial score (nSPS) is 16.1. The van der Waals surface area contributed by atoms with Crippen LogP contribution in [0.25, 0.3) is 0 Å². The van der Waals surface area contributed by atoms with Crippen LogP contribution in [0.4, 0.5) is 0 Å². The van der Waals surface area contributed by atoms with E-state index in [0.717, 1.165) is 21.6 Å². The molecule has 0 saturated carbocycles. The number of nitrogens with one attached hydrogen (secondary N) is 1. The van der Waals surface area contributed by atoms with Crippen molar-refractivity contribution in [1.82, 2.24) is 4.72 Å². The van der Waals surface area contributed by atoms with E-state index in [0.29, 0.717) is 0 Å². The lowest BCUT2D eigenvalue weighted by atomic mass is 10.4. The molecule has 0 aromatic rings. The maximum absolute atomic E-state index is 10.6. The first-order valence-corrected chi connectivity index (χ1v) is 7.76. The Morgan fingerprint density at radius 2 is 1.76 bits per heavy atom. The van der Waals surface area contributed by atoms with Crippen molar-refractivity contribution in [3.63, 3.8) is 0 Å². The quantitative estimate of drug-likeness (QED) is 0.204. The van der Waals surface area contributed by atoms with Crippen molar-refractivity contribution in [2.24, 2.45) is 5.73 Å². The lowest BCUT2D eigenvalue weighted by molar-refractivity contribution is -0.139. The highest BCUT2D eigenvalue weighted by Gasteiger charge is 2.19. The average Bonchev–Trinajstić information content (AvgIpc) is 2.21. The Kier molecular flexibility index (Phi) is 8.55. The van der Waals surface area contributed by atoms with E-state index in [2.05, 4.69) is 0 Å². The average molecular weight is 304 g/mol. The topological polar surface area (TPSA) is 150 Å². The van der Waals surface area contributed by atoms with E-state index in [1.807, 2.05) is 4.72 Å². The third kappa shape index (κ3) is 8.40. The van der Waals surface area contributed by atoms with Crippen molar-refractivity contribution in [2.75, 3.05) is 11.5 Å². The molecule has 8 nitrogen and oxygen atoms in total. The van der Waals surface area contributed by atoms with E-state index in [9.17, 15) is 13.8 Å². The second-order valence-electron chi connectivity index (χ2n) is 2.77. The van der Waals surface area contributed by atoms with Gasteiger partial charge >= 0.3 is 11.9 Å². The van der Waals surface area contributed by atoms with Gasteiger partial charge in [-0.3, -0.25) is 14.1 Å². The number of hydrogen-bond acceptors (Lipinski definition) is 6. The number of rotatable bonds is 9. The first-order valence-electron chi connectivity index (χ1n) is 4.17. The van der Waals surface area contributed by atoms with Crippen LogP contribution in [0.5, 0.6) is 0 Å². The summed E-state index contributed by atoms with van der Waals surface area (Å²) in [6.45, 7) is 0. The standard InChI is InChI=1S/C6H12N2O6S3/c7-3(5(9)10)1-15-16-2-4(6(11)12)8-17(13)14/h3-4,8H,1-2,7H2,(H,9,10)(H,11,12)(H,13,14)/t3?,4-/m0/s1. The number of nitrogens with two attached hydrogens (primary N) is 1. The molecule has 0 fully saturated rings. The summed E-state index contributed by atoms with van der Waals surface area (Å²) in [5, 5.41) is 17.1. The zero-order valence-electron chi connectivity index (χ0n) is 8.44. The first kappa shape index (κ1) is 16.7. The summed E-state index contributed by atoms with van der Waals surface area (Å²) in [5.74, 6) is -2.27. The van der Waals surface area contributed by atoms with E-state index >= 15 is 0 Å². The maximum atomic E-state index is 10.6. The predicted octanol–water partition coefficient (Wildman–Crippen LogP) is -1.04. The minimum Gasteiger partial charge on any atom is -0.480 e. The van der Waals surface area contributed by atoms with E-state index in [1.54, 1.807) is 0 Å². The van der Waals surface area contributed by atoms with Gasteiger partial charge in [-0.2, -0.15) is 4.72 Å². The van der Waals surface area contributed by atoms with Gasteiger partial charge in [0.25, 0.3) is 0 Å². The molecule has 0 aromatic heterocycles. The third-order valence-electron chi connectivity index (χ3n) is 1.42. The molecule has 0 spiro atoms. The predicted molar refractivity (Wildman–Crippen MR) is 65.9 cm³/mol. The molecule has 17 heavy (non-hydrogen) atoms. The minimum atomic E-state index is -2.41. The van der Waals surface area contributed by atoms with Gasteiger partial charge in [-0.05, 0) is 0 Å². The molecule has 0 saturated heterocycles. The second kappa shape index (κ2) is 8.72. The van der Waals surface area contributed by atoms with Crippen molar-refractivity contribution in [1.29, 1.82) is 0 Å². The molecular formula is C6H12N2O6S3. The third-order valence-corrected chi connectivity index (χ3v) is 4.36. The summed E-state index contributed by atoms with van der Waals surface area (Å²) in [4.78, 5) is 21.0. The number of hydrogen-bond donors (Lipinski definition) is 5. The monoisotopic (exact) mass is 304 g/mol. The van der Waals surface area contributed by atoms with Gasteiger partial charge in [0.1, 0.15) is 12.1 Å². The molecule has 0 bridgehead atoms. The fourth-order valence-corrected chi connectivity index (χ4v) is 3.39. The summed E-state index contributed by atoms with van der Waals surface area (Å²) < 4.78 is 20.8. The highest BCUT2D eigenvalue weighted by molar-refractivity contribution is 8.76. The molecule has 0 amide bonds. The van der Waals surface area contributed by atoms with Gasteiger partial charge < -0.3 is 15.9 Å². The van der Waals surface area contributed by atoms with Crippen molar-refractivity contribution in [3.05, 3.63) is 0 Å². The summed E-state index contributed by atoms with van der Waals surface area (Å²) in [6.07, 6.45) is 0. The van der Waals surface area contributed by atoms with Gasteiger partial charge in [-0.25, -0.2) is 4.21 Å². The molecule has 0 aromatic carbocycles. The van der Waals surface area contributed by atoms with Crippen LogP contribution in [-0.4, -0.2) is 54.5 Å². The fourth-order valence-electron chi connectivity index (χ4n) is 0.586. The molecule has 100 valence electrons. The van der Waals surface area contributed by atoms with E-state index in [4.69, 9.17) is 20.5 Å². The largest absolute Gasteiger partial charge is 0.480 e. The van der Waals surface area contributed by atoms with Crippen molar-refractivity contribution in [3.8, 4) is 0 Å². The Hall–Kier alpha value is -0.330. The number of aliphatic carboxylic acids is 2. The van der Waals surface area contributed by atoms with Crippen LogP contribution in [-0.2, 0) is 20.9 Å². The highest BCUT2D eigenvalue weighted by Crippen LogP contribution is 2.22. The van der Waals surface area contributed by atoms with Gasteiger partial charge in [0, 0.05) is 11.5 Å². The van der Waals surface area contributed by atoms with Crippen LogP contribution >= 0.6 is 21.6 Å². The smallest absolute Gasteiger partial charge is 0.322 e. The lowest BCUT2D eigenvalue weighted by Gasteiger charge is -2.11. The highest BCUT2D eigenvalue weighted by atomic mass is 33.1. The Balaban J connectivity index is 3.87. The zero-order valence-corrected chi connectivity index (χ0v) is 10.9. The van der Waals surface area contributed by atoms with Gasteiger partial charge in [-0.1, -0.05) is 21.6 Å². The van der Waals surface area contributed by atoms with E-state index in [1.165, 1.54) is 0 Å². The van der Waals surface area contributed by atoms with Gasteiger partial charge in [0.05, 0.1) is 0 Å². The van der Waals surface area contributed by atoms with Crippen LogP contribution in [0, 0.1) is 0 Å². The molecule has 0 aliphatic heterocycles. The van der Waals surface area contributed by atoms with E-state index < -0.39 is 35.3 Å².